The summed E-state index contributed by atoms with van der Waals surface area (Å²) in [5, 5.41) is 10.2. The van der Waals surface area contributed by atoms with Crippen LogP contribution in [0.2, 0.25) is 0 Å². The Morgan fingerprint density at radius 2 is 1.70 bits per heavy atom. The van der Waals surface area contributed by atoms with Gasteiger partial charge < -0.3 is 21.0 Å². The maximum atomic E-state index is 10.2. The average Bonchev–Trinajstić information content (AvgIpc) is 1.62. The summed E-state index contributed by atoms with van der Waals surface area (Å²) in [5.41, 5.74) is -0.348. The van der Waals surface area contributed by atoms with Gasteiger partial charge in [-0.15, -0.1) is 0 Å². The second-order valence-electron chi connectivity index (χ2n) is 3.00. The maximum Gasteiger partial charge on any atom is 0.137 e. The Bertz CT molecular complexity index is 117. The normalized spacial score (nSPS) is 10.0. The molecule has 4 N–H and O–H groups in total. The summed E-state index contributed by atoms with van der Waals surface area (Å²) in [4.78, 5) is 11.3. The van der Waals surface area contributed by atoms with E-state index in [1.165, 1.54) is 7.05 Å². The van der Waals surface area contributed by atoms with Crippen LogP contribution < -0.4 is 11.3 Å². The summed E-state index contributed by atoms with van der Waals surface area (Å²) in [6.07, 6.45) is -1.14. The molecule has 4 heteroatoms. The van der Waals surface area contributed by atoms with Crippen molar-refractivity contribution in [1.29, 1.82) is 0 Å². The molecule has 0 heterocycles. The molecule has 0 aliphatic heterocycles. The van der Waals surface area contributed by atoms with Crippen LogP contribution in [0.25, 0.3) is 0 Å². The standard InChI is InChI=1S/C6H13NO2.H3N/c1-6(2,3)7(4)5(8)9;/h1-4H3,(H,8,9);1H3. The van der Waals surface area contributed by atoms with Gasteiger partial charge in [0.25, 0.3) is 0 Å². The lowest BCUT2D eigenvalue weighted by atomic mass is 10.1. The maximum absolute atomic E-state index is 10.2. The predicted molar refractivity (Wildman–Crippen MR) is 38.9 cm³/mol. The van der Waals surface area contributed by atoms with E-state index in [1.807, 2.05) is 20.8 Å². The Morgan fingerprint density at radius 3 is 1.70 bits per heavy atom. The van der Waals surface area contributed by atoms with Crippen LogP contribution in [0, 0.1) is 0 Å². The van der Waals surface area contributed by atoms with E-state index in [9.17, 15) is 9.90 Å². The molecule has 0 saturated heterocycles. The molecule has 0 aromatic rings. The molecule has 0 unspecified atom stereocenters. The van der Waals surface area contributed by atoms with Crippen LogP contribution in [-0.2, 0) is 0 Å². The largest absolute Gasteiger partial charge is 0.530 e. The Kier molecular flexibility index (Phi) is 4.08. The summed E-state index contributed by atoms with van der Waals surface area (Å²) in [6, 6.07) is 0. The van der Waals surface area contributed by atoms with Crippen molar-refractivity contribution in [2.24, 2.45) is 0 Å². The Hall–Kier alpha value is -0.770. The summed E-state index contributed by atoms with van der Waals surface area (Å²) < 4.78 is 0. The lowest BCUT2D eigenvalue weighted by Gasteiger charge is -2.33. The molecule has 62 valence electrons. The second kappa shape index (κ2) is 3.41. The number of hydrogen-bond donors (Lipinski definition) is 1. The molecule has 0 bridgehead atoms. The molecule has 0 spiro atoms. The van der Waals surface area contributed by atoms with E-state index in [2.05, 4.69) is 0 Å². The monoisotopic (exact) mass is 148 g/mol. The molecule has 0 aromatic heterocycles. The van der Waals surface area contributed by atoms with E-state index in [0.29, 0.717) is 0 Å². The molecule has 0 aliphatic rings. The van der Waals surface area contributed by atoms with E-state index < -0.39 is 6.09 Å². The van der Waals surface area contributed by atoms with Crippen molar-refractivity contribution >= 4 is 6.09 Å². The minimum atomic E-state index is -1.14. The van der Waals surface area contributed by atoms with Gasteiger partial charge in [-0.25, -0.2) is 0 Å². The highest BCUT2D eigenvalue weighted by molar-refractivity contribution is 5.62. The molecule has 0 aromatic carbocycles. The van der Waals surface area contributed by atoms with Gasteiger partial charge in [0, 0.05) is 12.6 Å². The van der Waals surface area contributed by atoms with Crippen molar-refractivity contribution in [2.75, 3.05) is 7.05 Å². The summed E-state index contributed by atoms with van der Waals surface area (Å²) in [6.45, 7) is 5.42. The fourth-order valence-corrected chi connectivity index (χ4v) is 0.274. The third-order valence-corrected chi connectivity index (χ3v) is 1.28. The molecule has 4 nitrogen and oxygen atoms in total. The average molecular weight is 148 g/mol. The number of amides is 1. The fraction of sp³-hybridized carbons (Fsp3) is 0.833. The van der Waals surface area contributed by atoms with Crippen LogP contribution in [0.1, 0.15) is 20.8 Å². The van der Waals surface area contributed by atoms with Gasteiger partial charge in [-0.2, -0.15) is 0 Å². The van der Waals surface area contributed by atoms with Gasteiger partial charge in [0.05, 0.1) is 0 Å². The smallest absolute Gasteiger partial charge is 0.137 e. The van der Waals surface area contributed by atoms with E-state index in [0.717, 1.165) is 4.90 Å². The number of hydrogen-bond acceptors (Lipinski definition) is 2. The molecule has 0 saturated carbocycles. The molecule has 1 amide bonds. The molecule has 0 rings (SSSR count). The molecular formula is C6H16N2O2. The first-order valence-electron chi connectivity index (χ1n) is 2.80. The zero-order valence-electron chi connectivity index (χ0n) is 7.26. The highest BCUT2D eigenvalue weighted by Gasteiger charge is 2.15. The first-order chi connectivity index (χ1) is 3.85. The van der Waals surface area contributed by atoms with Crippen molar-refractivity contribution in [1.82, 2.24) is 11.1 Å². The zero-order chi connectivity index (χ0) is 7.65. The molecular weight excluding hydrogens is 132 g/mol. The van der Waals surface area contributed by atoms with Gasteiger partial charge in [-0.05, 0) is 20.8 Å². The van der Waals surface area contributed by atoms with Gasteiger partial charge in [-0.3, -0.25) is 0 Å². The summed E-state index contributed by atoms with van der Waals surface area (Å²) in [7, 11) is 1.50. The van der Waals surface area contributed by atoms with E-state index in [-0.39, 0.29) is 11.7 Å². The molecule has 0 fully saturated rings. The molecule has 0 radical (unpaired) electrons. The van der Waals surface area contributed by atoms with Crippen molar-refractivity contribution in [3.63, 3.8) is 0 Å². The number of carboxylic acid groups (broad SMARTS) is 1. The third kappa shape index (κ3) is 3.29. The minimum absolute atomic E-state index is 0. The Labute approximate surface area is 61.4 Å². The number of quaternary nitrogens is 1. The number of carbonyl (C=O) groups is 1. The third-order valence-electron chi connectivity index (χ3n) is 1.28. The first-order valence-corrected chi connectivity index (χ1v) is 2.80. The zero-order valence-corrected chi connectivity index (χ0v) is 7.26. The number of carbonyl (C=O) groups excluding carboxylic acids is 1. The predicted octanol–water partition coefficient (Wildman–Crippen LogP) is 0.436. The molecule has 10 heavy (non-hydrogen) atoms. The van der Waals surface area contributed by atoms with Crippen molar-refractivity contribution in [3.8, 4) is 0 Å². The SMILES string of the molecule is CN(C(=O)[O-])C(C)(C)C.[NH4+]. The highest BCUT2D eigenvalue weighted by atomic mass is 16.4. The minimum Gasteiger partial charge on any atom is -0.530 e. The fourth-order valence-electron chi connectivity index (χ4n) is 0.274. The Balaban J connectivity index is 0. The van der Waals surface area contributed by atoms with E-state index in [1.54, 1.807) is 0 Å². The molecule has 0 aliphatic carbocycles. The van der Waals surface area contributed by atoms with Crippen molar-refractivity contribution in [3.05, 3.63) is 0 Å². The number of nitrogens with zero attached hydrogens (tertiary/aromatic N) is 1. The van der Waals surface area contributed by atoms with Crippen LogP contribution in [0.15, 0.2) is 0 Å². The molecule has 0 atom stereocenters. The van der Waals surface area contributed by atoms with Gasteiger partial charge in [0.15, 0.2) is 0 Å². The van der Waals surface area contributed by atoms with Crippen LogP contribution in [0.4, 0.5) is 4.79 Å². The first kappa shape index (κ1) is 12.0. The van der Waals surface area contributed by atoms with Crippen molar-refractivity contribution in [2.45, 2.75) is 26.3 Å². The van der Waals surface area contributed by atoms with E-state index in [4.69, 9.17) is 0 Å². The van der Waals surface area contributed by atoms with Crippen molar-refractivity contribution < 1.29 is 9.90 Å². The van der Waals surface area contributed by atoms with Crippen LogP contribution in [0.5, 0.6) is 0 Å². The second-order valence-corrected chi connectivity index (χ2v) is 3.00. The van der Waals surface area contributed by atoms with Gasteiger partial charge >= 0.3 is 0 Å². The van der Waals surface area contributed by atoms with Crippen LogP contribution >= 0.6 is 0 Å². The quantitative estimate of drug-likeness (QED) is 0.540. The lowest BCUT2D eigenvalue weighted by molar-refractivity contribution is -0.268. The van der Waals surface area contributed by atoms with E-state index >= 15 is 0 Å². The highest BCUT2D eigenvalue weighted by Crippen LogP contribution is 2.08. The van der Waals surface area contributed by atoms with Gasteiger partial charge in [0.2, 0.25) is 0 Å². The topological polar surface area (TPSA) is 79.9 Å². The van der Waals surface area contributed by atoms with Crippen LogP contribution in [-0.4, -0.2) is 23.6 Å². The van der Waals surface area contributed by atoms with Gasteiger partial charge in [-0.1, -0.05) is 0 Å². The van der Waals surface area contributed by atoms with Crippen LogP contribution in [0.3, 0.4) is 0 Å². The lowest BCUT2D eigenvalue weighted by Crippen LogP contribution is -2.48. The number of rotatable bonds is 0. The summed E-state index contributed by atoms with van der Waals surface area (Å²) in [5.74, 6) is 0. The Morgan fingerprint density at radius 1 is 1.40 bits per heavy atom. The van der Waals surface area contributed by atoms with Gasteiger partial charge in [0.1, 0.15) is 6.09 Å². The summed E-state index contributed by atoms with van der Waals surface area (Å²) >= 11 is 0.